The summed E-state index contributed by atoms with van der Waals surface area (Å²) in [7, 11) is -2.30. The fraction of sp³-hybridized carbons (Fsp3) is 0.600. The van der Waals surface area contributed by atoms with Gasteiger partial charge in [0.25, 0.3) is 0 Å². The first kappa shape index (κ1) is 10.6. The summed E-state index contributed by atoms with van der Waals surface area (Å²) in [6, 6.07) is 0. The predicted octanol–water partition coefficient (Wildman–Crippen LogP) is 2.84. The van der Waals surface area contributed by atoms with Gasteiger partial charge in [0, 0.05) is 0 Å². The van der Waals surface area contributed by atoms with Crippen LogP contribution in [0, 0.1) is 0 Å². The van der Waals surface area contributed by atoms with Gasteiger partial charge in [-0.2, -0.15) is 13.2 Å². The smallest absolute Gasteiger partial charge is 0.168 e. The van der Waals surface area contributed by atoms with Crippen LogP contribution in [0.1, 0.15) is 6.92 Å². The zero-order chi connectivity index (χ0) is 8.91. The first-order chi connectivity index (χ1) is 4.95. The predicted molar refractivity (Wildman–Crippen MR) is 34.4 cm³/mol. The van der Waals surface area contributed by atoms with Crippen molar-refractivity contribution in [3.05, 3.63) is 11.9 Å². The first-order valence-corrected chi connectivity index (χ1v) is 3.99. The third-order valence-electron chi connectivity index (χ3n) is 0.626. The topological polar surface area (TPSA) is 26.3 Å². The second kappa shape index (κ2) is 4.46. The van der Waals surface area contributed by atoms with E-state index in [1.165, 1.54) is 6.08 Å². The summed E-state index contributed by atoms with van der Waals surface area (Å²) in [5.74, 6) is 1.07. The van der Waals surface area contributed by atoms with Gasteiger partial charge in [0.1, 0.15) is 0 Å². The van der Waals surface area contributed by atoms with Crippen LogP contribution in [0.5, 0.6) is 0 Å². The molecule has 0 N–H and O–H groups in total. The average Bonchev–Trinajstić information content (AvgIpc) is 1.83. The lowest BCUT2D eigenvalue weighted by Crippen LogP contribution is -2.14. The van der Waals surface area contributed by atoms with Crippen LogP contribution < -0.4 is 0 Å². The molecule has 0 bridgehead atoms. The monoisotopic (exact) mass is 187 g/mol. The Bertz CT molecular complexity index is 164. The van der Waals surface area contributed by atoms with Crippen molar-refractivity contribution in [2.45, 2.75) is 13.1 Å². The fourth-order valence-electron chi connectivity index (χ4n) is 0.302. The van der Waals surface area contributed by atoms with E-state index in [1.54, 1.807) is 6.92 Å². The molecule has 0 spiro atoms. The molecule has 0 heterocycles. The summed E-state index contributed by atoms with van der Waals surface area (Å²) >= 11 is 0. The van der Waals surface area contributed by atoms with Gasteiger partial charge in [-0.25, -0.2) is 0 Å². The third-order valence-corrected chi connectivity index (χ3v) is 1.55. The Morgan fingerprint density at radius 3 is 2.45 bits per heavy atom. The summed E-state index contributed by atoms with van der Waals surface area (Å²) in [6.07, 6.45) is -3.04. The zero-order valence-corrected chi connectivity index (χ0v) is 6.65. The van der Waals surface area contributed by atoms with Crippen molar-refractivity contribution >= 4 is 8.03 Å². The highest BCUT2D eigenvalue weighted by Gasteiger charge is 2.32. The van der Waals surface area contributed by atoms with Crippen molar-refractivity contribution in [3.8, 4) is 0 Å². The van der Waals surface area contributed by atoms with Crippen molar-refractivity contribution in [3.63, 3.8) is 0 Å². The minimum absolute atomic E-state index is 1.07. The quantitative estimate of drug-likeness (QED) is 0.635. The van der Waals surface area contributed by atoms with Gasteiger partial charge in [0.2, 0.25) is 0 Å². The second-order valence-electron chi connectivity index (χ2n) is 1.66. The maximum atomic E-state index is 11.4. The molecular weight excluding hydrogens is 180 g/mol. The Morgan fingerprint density at radius 1 is 1.55 bits per heavy atom. The number of rotatable bonds is 3. The summed E-state index contributed by atoms with van der Waals surface area (Å²) in [6.45, 7) is 0.0801. The van der Waals surface area contributed by atoms with Crippen LogP contribution in [0.4, 0.5) is 13.2 Å². The lowest BCUT2D eigenvalue weighted by Gasteiger charge is -1.97. The summed E-state index contributed by atoms with van der Waals surface area (Å²) < 4.78 is 48.5. The molecule has 0 fully saturated rings. The van der Waals surface area contributed by atoms with E-state index in [0.29, 0.717) is 0 Å². The highest BCUT2D eigenvalue weighted by Crippen LogP contribution is 2.27. The molecule has 0 aromatic heterocycles. The highest BCUT2D eigenvalue weighted by atomic mass is 31.1. The molecule has 1 atom stereocenters. The van der Waals surface area contributed by atoms with E-state index in [1.807, 2.05) is 0 Å². The molecule has 0 rings (SSSR count). The molecule has 1 unspecified atom stereocenters. The molecule has 0 aliphatic carbocycles. The van der Waals surface area contributed by atoms with Crippen LogP contribution in [-0.4, -0.2) is 12.8 Å². The highest BCUT2D eigenvalue weighted by molar-refractivity contribution is 7.42. The Morgan fingerprint density at radius 2 is 2.09 bits per heavy atom. The van der Waals surface area contributed by atoms with Gasteiger partial charge >= 0.3 is 14.2 Å². The molecule has 0 saturated heterocycles. The number of allylic oxidation sites excluding steroid dienone is 1. The molecule has 0 aromatic carbocycles. The molecular formula is C5H7F3O2P+. The van der Waals surface area contributed by atoms with Gasteiger partial charge in [-0.15, -0.1) is 4.52 Å². The molecule has 0 amide bonds. The average molecular weight is 187 g/mol. The van der Waals surface area contributed by atoms with E-state index in [4.69, 9.17) is 0 Å². The molecule has 2 nitrogen and oxygen atoms in total. The molecule has 0 saturated carbocycles. The molecule has 11 heavy (non-hydrogen) atoms. The number of alkyl halides is 3. The Hall–Kier alpha value is -0.410. The van der Waals surface area contributed by atoms with Gasteiger partial charge in [0.15, 0.2) is 12.4 Å². The normalized spacial score (nSPS) is 14.0. The maximum Gasteiger partial charge on any atom is 0.540 e. The minimum Gasteiger partial charge on any atom is -0.168 e. The van der Waals surface area contributed by atoms with E-state index in [0.717, 1.165) is 5.82 Å². The SMILES string of the molecule is CC=C[P+](=O)OCC(F)(F)F. The first-order valence-electron chi connectivity index (χ1n) is 2.74. The summed E-state index contributed by atoms with van der Waals surface area (Å²) in [4.78, 5) is 0. The Balaban J connectivity index is 3.63. The molecule has 6 heteroatoms. The maximum absolute atomic E-state index is 11.4. The van der Waals surface area contributed by atoms with Crippen molar-refractivity contribution in [1.29, 1.82) is 0 Å². The lowest BCUT2D eigenvalue weighted by atomic mass is 10.7. The Labute approximate surface area is 62.9 Å². The number of halogens is 3. The Kier molecular flexibility index (Phi) is 4.30. The van der Waals surface area contributed by atoms with Crippen LogP contribution >= 0.6 is 8.03 Å². The van der Waals surface area contributed by atoms with Crippen molar-refractivity contribution in [2.24, 2.45) is 0 Å². The van der Waals surface area contributed by atoms with E-state index in [-0.39, 0.29) is 0 Å². The van der Waals surface area contributed by atoms with Gasteiger partial charge in [0.05, 0.1) is 0 Å². The van der Waals surface area contributed by atoms with Crippen molar-refractivity contribution < 1.29 is 22.3 Å². The third kappa shape index (κ3) is 7.49. The van der Waals surface area contributed by atoms with Crippen molar-refractivity contribution in [2.75, 3.05) is 6.61 Å². The lowest BCUT2D eigenvalue weighted by molar-refractivity contribution is -0.152. The number of hydrogen-bond donors (Lipinski definition) is 0. The minimum atomic E-state index is -4.41. The second-order valence-corrected chi connectivity index (χ2v) is 2.78. The number of hydrogen-bond acceptors (Lipinski definition) is 2. The molecule has 64 valence electrons. The molecule has 0 aliphatic heterocycles. The zero-order valence-electron chi connectivity index (χ0n) is 5.76. The van der Waals surface area contributed by atoms with Crippen LogP contribution in [0.3, 0.4) is 0 Å². The summed E-state index contributed by atoms with van der Waals surface area (Å²) in [5, 5.41) is 0. The fourth-order valence-corrected chi connectivity index (χ4v) is 0.905. The van der Waals surface area contributed by atoms with Gasteiger partial charge in [-0.1, -0.05) is 0 Å². The van der Waals surface area contributed by atoms with Crippen LogP contribution in [0.25, 0.3) is 0 Å². The molecule has 0 aliphatic rings. The molecule has 0 radical (unpaired) electrons. The van der Waals surface area contributed by atoms with Gasteiger partial charge in [-0.05, 0) is 17.6 Å². The summed E-state index contributed by atoms with van der Waals surface area (Å²) in [5.41, 5.74) is 0. The van der Waals surface area contributed by atoms with Crippen LogP contribution in [0.15, 0.2) is 11.9 Å². The van der Waals surface area contributed by atoms with Crippen LogP contribution in [0.2, 0.25) is 0 Å². The van der Waals surface area contributed by atoms with E-state index >= 15 is 0 Å². The van der Waals surface area contributed by atoms with Gasteiger partial charge < -0.3 is 0 Å². The van der Waals surface area contributed by atoms with E-state index in [2.05, 4.69) is 4.52 Å². The largest absolute Gasteiger partial charge is 0.540 e. The standard InChI is InChI=1S/C5H7F3O2P/c1-2-3-11(9)10-4-5(6,7)8/h2-3H,4H2,1H3/q+1. The van der Waals surface area contributed by atoms with Crippen molar-refractivity contribution in [1.82, 2.24) is 0 Å². The van der Waals surface area contributed by atoms with E-state index in [9.17, 15) is 17.7 Å². The van der Waals surface area contributed by atoms with Gasteiger partial charge in [-0.3, -0.25) is 0 Å². The van der Waals surface area contributed by atoms with E-state index < -0.39 is 20.8 Å². The molecule has 0 aromatic rings. The van der Waals surface area contributed by atoms with Crippen LogP contribution in [-0.2, 0) is 9.09 Å².